The summed E-state index contributed by atoms with van der Waals surface area (Å²) in [5, 5.41) is 2.21. The Labute approximate surface area is 312 Å². The number of para-hydroxylation sites is 4. The molecule has 0 fully saturated rings. The SMILES string of the molecule is O=C1c2cccc(-c3ccc(N(c4ccccc4)c4ccccc4)cc3)c2C(=O)c2c1cccc2-c1ccc2c(c1)c1ccccc1n2-c1ccccc1. The third-order valence-electron chi connectivity index (χ3n) is 10.5. The van der Waals surface area contributed by atoms with E-state index >= 15 is 0 Å². The summed E-state index contributed by atoms with van der Waals surface area (Å²) in [5.74, 6) is -0.280. The third-order valence-corrected chi connectivity index (χ3v) is 10.5. The first-order valence-electron chi connectivity index (χ1n) is 18.1. The molecule has 0 atom stereocenters. The molecule has 4 nitrogen and oxygen atoms in total. The van der Waals surface area contributed by atoms with E-state index in [-0.39, 0.29) is 11.6 Å². The van der Waals surface area contributed by atoms with E-state index in [1.54, 1.807) is 12.1 Å². The molecular formula is C50H32N2O2. The zero-order valence-corrected chi connectivity index (χ0v) is 29.2. The minimum Gasteiger partial charge on any atom is -0.311 e. The Kier molecular flexibility index (Phi) is 7.41. The van der Waals surface area contributed by atoms with Gasteiger partial charge in [-0.15, -0.1) is 0 Å². The Morgan fingerprint density at radius 3 is 1.46 bits per heavy atom. The lowest BCUT2D eigenvalue weighted by atomic mass is 9.77. The molecule has 0 aliphatic heterocycles. The van der Waals surface area contributed by atoms with Crippen molar-refractivity contribution in [3.05, 3.63) is 216 Å². The average molecular weight is 693 g/mol. The zero-order chi connectivity index (χ0) is 36.2. The Hall–Kier alpha value is -7.30. The predicted octanol–water partition coefficient (Wildman–Crippen LogP) is 12.4. The molecule has 1 aromatic heterocycles. The molecule has 0 saturated heterocycles. The van der Waals surface area contributed by atoms with Crippen LogP contribution in [0.15, 0.2) is 194 Å². The molecule has 0 amide bonds. The number of hydrogen-bond donors (Lipinski definition) is 0. The van der Waals surface area contributed by atoms with Crippen molar-refractivity contribution in [3.63, 3.8) is 0 Å². The molecule has 8 aromatic carbocycles. The summed E-state index contributed by atoms with van der Waals surface area (Å²) in [6.45, 7) is 0. The van der Waals surface area contributed by atoms with Gasteiger partial charge >= 0.3 is 0 Å². The number of ketones is 2. The van der Waals surface area contributed by atoms with Crippen molar-refractivity contribution in [3.8, 4) is 27.9 Å². The lowest BCUT2D eigenvalue weighted by molar-refractivity contribution is 0.0980. The first kappa shape index (κ1) is 31.4. The van der Waals surface area contributed by atoms with Gasteiger partial charge in [-0.1, -0.05) is 127 Å². The summed E-state index contributed by atoms with van der Waals surface area (Å²) in [6, 6.07) is 65.1. The van der Waals surface area contributed by atoms with Gasteiger partial charge in [-0.3, -0.25) is 9.59 Å². The maximum Gasteiger partial charge on any atom is 0.195 e. The minimum absolute atomic E-state index is 0.138. The van der Waals surface area contributed by atoms with Gasteiger partial charge in [-0.05, 0) is 89.0 Å². The summed E-state index contributed by atoms with van der Waals surface area (Å²) >= 11 is 0. The number of carbonyl (C=O) groups excluding carboxylic acids is 2. The molecule has 0 saturated carbocycles. The standard InChI is InChI=1S/C50H32N2O2/c53-49-42-23-12-21-39(33-26-29-38(30-27-33)51(35-14-4-1-5-15-35)36-16-6-2-7-17-36)47(42)50(54)48-40(22-13-24-43(48)49)34-28-31-46-44(32-34)41-20-10-11-25-45(41)52(46)37-18-8-3-9-19-37/h1-32H. The van der Waals surface area contributed by atoms with Crippen molar-refractivity contribution < 1.29 is 9.59 Å². The predicted molar refractivity (Wildman–Crippen MR) is 220 cm³/mol. The van der Waals surface area contributed by atoms with Crippen LogP contribution in [0.1, 0.15) is 31.8 Å². The highest BCUT2D eigenvalue weighted by Gasteiger charge is 2.34. The number of aromatic nitrogens is 1. The summed E-state index contributed by atoms with van der Waals surface area (Å²) in [6.07, 6.45) is 0. The molecule has 0 N–H and O–H groups in total. The fourth-order valence-electron chi connectivity index (χ4n) is 8.11. The van der Waals surface area contributed by atoms with Crippen molar-refractivity contribution in [2.24, 2.45) is 0 Å². The van der Waals surface area contributed by atoms with Gasteiger partial charge in [0.2, 0.25) is 0 Å². The van der Waals surface area contributed by atoms with Crippen molar-refractivity contribution >= 4 is 50.4 Å². The topological polar surface area (TPSA) is 42.3 Å². The first-order valence-corrected chi connectivity index (χ1v) is 18.1. The first-order chi connectivity index (χ1) is 26.7. The smallest absolute Gasteiger partial charge is 0.195 e. The molecule has 0 unspecified atom stereocenters. The summed E-state index contributed by atoms with van der Waals surface area (Å²) in [4.78, 5) is 31.4. The fourth-order valence-corrected chi connectivity index (χ4v) is 8.11. The number of fused-ring (bicyclic) bond motifs is 5. The second-order valence-corrected chi connectivity index (χ2v) is 13.6. The molecular weight excluding hydrogens is 661 g/mol. The molecule has 9 aromatic rings. The van der Waals surface area contributed by atoms with E-state index in [4.69, 9.17) is 0 Å². The van der Waals surface area contributed by atoms with E-state index in [0.29, 0.717) is 22.3 Å². The number of carbonyl (C=O) groups is 2. The van der Waals surface area contributed by atoms with Gasteiger partial charge in [0.1, 0.15) is 0 Å². The number of benzene rings is 8. The lowest BCUT2D eigenvalue weighted by Gasteiger charge is -2.26. The fraction of sp³-hybridized carbons (Fsp3) is 0. The molecule has 254 valence electrons. The van der Waals surface area contributed by atoms with Crippen LogP contribution < -0.4 is 4.90 Å². The molecule has 0 bridgehead atoms. The monoisotopic (exact) mass is 692 g/mol. The summed E-state index contributed by atoms with van der Waals surface area (Å²) in [7, 11) is 0. The number of anilines is 3. The van der Waals surface area contributed by atoms with Gasteiger partial charge in [0, 0.05) is 55.8 Å². The van der Waals surface area contributed by atoms with E-state index < -0.39 is 0 Å². The van der Waals surface area contributed by atoms with Crippen LogP contribution >= 0.6 is 0 Å². The number of rotatable bonds is 6. The van der Waals surface area contributed by atoms with Crippen LogP contribution in [0.25, 0.3) is 49.7 Å². The van der Waals surface area contributed by atoms with Crippen LogP contribution in [-0.4, -0.2) is 16.1 Å². The van der Waals surface area contributed by atoms with Gasteiger partial charge in [-0.2, -0.15) is 0 Å². The van der Waals surface area contributed by atoms with Crippen molar-refractivity contribution in [1.29, 1.82) is 0 Å². The highest BCUT2D eigenvalue weighted by Crippen LogP contribution is 2.42. The van der Waals surface area contributed by atoms with Gasteiger partial charge in [0.15, 0.2) is 11.6 Å². The Morgan fingerprint density at radius 2 is 0.833 bits per heavy atom. The zero-order valence-electron chi connectivity index (χ0n) is 29.2. The van der Waals surface area contributed by atoms with E-state index in [1.807, 2.05) is 91.0 Å². The van der Waals surface area contributed by atoms with Crippen molar-refractivity contribution in [2.45, 2.75) is 0 Å². The van der Waals surface area contributed by atoms with E-state index in [9.17, 15) is 9.59 Å². The average Bonchev–Trinajstić information content (AvgIpc) is 3.57. The van der Waals surface area contributed by atoms with Crippen LogP contribution in [0, 0.1) is 0 Å². The van der Waals surface area contributed by atoms with E-state index in [0.717, 1.165) is 66.8 Å². The van der Waals surface area contributed by atoms with Crippen LogP contribution in [-0.2, 0) is 0 Å². The van der Waals surface area contributed by atoms with Crippen LogP contribution in [0.3, 0.4) is 0 Å². The Morgan fingerprint density at radius 1 is 0.352 bits per heavy atom. The van der Waals surface area contributed by atoms with Gasteiger partial charge < -0.3 is 9.47 Å². The molecule has 1 aliphatic carbocycles. The maximum atomic E-state index is 14.9. The maximum absolute atomic E-state index is 14.9. The van der Waals surface area contributed by atoms with Crippen molar-refractivity contribution in [2.75, 3.05) is 4.90 Å². The van der Waals surface area contributed by atoms with Gasteiger partial charge in [0.25, 0.3) is 0 Å². The largest absolute Gasteiger partial charge is 0.311 e. The summed E-state index contributed by atoms with van der Waals surface area (Å²) in [5.41, 5.74) is 11.4. The second-order valence-electron chi connectivity index (χ2n) is 13.6. The van der Waals surface area contributed by atoms with Crippen LogP contribution in [0.4, 0.5) is 17.1 Å². The van der Waals surface area contributed by atoms with Gasteiger partial charge in [0.05, 0.1) is 11.0 Å². The molecule has 0 spiro atoms. The number of nitrogens with zero attached hydrogens (tertiary/aromatic N) is 2. The molecule has 0 radical (unpaired) electrons. The number of hydrogen-bond acceptors (Lipinski definition) is 3. The summed E-state index contributed by atoms with van der Waals surface area (Å²) < 4.78 is 2.27. The molecule has 54 heavy (non-hydrogen) atoms. The van der Waals surface area contributed by atoms with Gasteiger partial charge in [-0.25, -0.2) is 0 Å². The normalized spacial score (nSPS) is 12.1. The highest BCUT2D eigenvalue weighted by molar-refractivity contribution is 6.32. The molecule has 1 aliphatic rings. The lowest BCUT2D eigenvalue weighted by Crippen LogP contribution is -2.22. The molecule has 1 heterocycles. The molecule has 10 rings (SSSR count). The Balaban J connectivity index is 1.08. The van der Waals surface area contributed by atoms with Crippen LogP contribution in [0.5, 0.6) is 0 Å². The third kappa shape index (κ3) is 5.00. The second kappa shape index (κ2) is 12.7. The molecule has 4 heteroatoms. The van der Waals surface area contributed by atoms with Crippen molar-refractivity contribution in [1.82, 2.24) is 4.57 Å². The van der Waals surface area contributed by atoms with E-state index in [2.05, 4.69) is 100 Å². The quantitative estimate of drug-likeness (QED) is 0.174. The minimum atomic E-state index is -0.142. The van der Waals surface area contributed by atoms with Crippen LogP contribution in [0.2, 0.25) is 0 Å². The highest BCUT2D eigenvalue weighted by atomic mass is 16.1. The van der Waals surface area contributed by atoms with E-state index in [1.165, 1.54) is 0 Å². The Bertz CT molecular complexity index is 2850.